The zero-order chi connectivity index (χ0) is 15.0. The molecule has 0 bridgehead atoms. The molecule has 3 nitrogen and oxygen atoms in total. The van der Waals surface area contributed by atoms with Crippen LogP contribution in [0.3, 0.4) is 0 Å². The fraction of sp³-hybridized carbons (Fsp3) is 0.706. The maximum Gasteiger partial charge on any atom is 0.129 e. The van der Waals surface area contributed by atoms with Gasteiger partial charge in [0.05, 0.1) is 0 Å². The molecule has 1 aromatic heterocycles. The smallest absolute Gasteiger partial charge is 0.129 e. The van der Waals surface area contributed by atoms with Crippen molar-refractivity contribution < 1.29 is 0 Å². The molecule has 2 rings (SSSR count). The molecule has 0 atom stereocenters. The van der Waals surface area contributed by atoms with Crippen LogP contribution in [0.4, 0.5) is 5.82 Å². The van der Waals surface area contributed by atoms with Gasteiger partial charge in [0, 0.05) is 24.3 Å². The van der Waals surface area contributed by atoms with Crippen LogP contribution in [0.1, 0.15) is 64.5 Å². The highest BCUT2D eigenvalue weighted by molar-refractivity contribution is 5.49. The number of nitrogens with one attached hydrogen (secondary N) is 2. The predicted octanol–water partition coefficient (Wildman–Crippen LogP) is 3.71. The van der Waals surface area contributed by atoms with E-state index in [1.54, 1.807) is 0 Å². The molecule has 0 radical (unpaired) electrons. The van der Waals surface area contributed by atoms with E-state index in [4.69, 9.17) is 0 Å². The largest absolute Gasteiger partial charge is 0.373 e. The van der Waals surface area contributed by atoms with Crippen molar-refractivity contribution >= 4 is 5.82 Å². The summed E-state index contributed by atoms with van der Waals surface area (Å²) in [5.74, 6) is 1.64. The Morgan fingerprint density at radius 2 is 1.85 bits per heavy atom. The molecule has 3 heteroatoms. The van der Waals surface area contributed by atoms with Crippen LogP contribution in [0, 0.1) is 0 Å². The van der Waals surface area contributed by atoms with E-state index in [0.717, 1.165) is 12.2 Å². The number of hydrogen-bond donors (Lipinski definition) is 2. The molecular formula is C17H29N3. The first-order valence-electron chi connectivity index (χ1n) is 7.73. The van der Waals surface area contributed by atoms with Gasteiger partial charge in [-0.1, -0.05) is 6.92 Å². The highest BCUT2D eigenvalue weighted by Crippen LogP contribution is 2.41. The summed E-state index contributed by atoms with van der Waals surface area (Å²) in [5.41, 5.74) is 3.23. The molecule has 1 aliphatic rings. The molecule has 2 heterocycles. The van der Waals surface area contributed by atoms with Gasteiger partial charge in [0.25, 0.3) is 0 Å². The molecule has 20 heavy (non-hydrogen) atoms. The molecule has 0 saturated carbocycles. The number of anilines is 1. The van der Waals surface area contributed by atoms with Gasteiger partial charge in [-0.3, -0.25) is 0 Å². The Balaban J connectivity index is 2.40. The number of nitrogens with zero attached hydrogens (tertiary/aromatic N) is 1. The maximum atomic E-state index is 4.47. The quantitative estimate of drug-likeness (QED) is 0.883. The van der Waals surface area contributed by atoms with E-state index in [9.17, 15) is 0 Å². The van der Waals surface area contributed by atoms with E-state index in [1.807, 2.05) is 13.2 Å². The van der Waals surface area contributed by atoms with Gasteiger partial charge in [-0.25, -0.2) is 4.98 Å². The van der Waals surface area contributed by atoms with Gasteiger partial charge in [0.15, 0.2) is 0 Å². The van der Waals surface area contributed by atoms with Gasteiger partial charge >= 0.3 is 0 Å². The monoisotopic (exact) mass is 275 g/mol. The highest BCUT2D eigenvalue weighted by Gasteiger charge is 2.38. The van der Waals surface area contributed by atoms with E-state index >= 15 is 0 Å². The molecule has 0 amide bonds. The molecule has 1 aliphatic heterocycles. The molecule has 2 N–H and O–H groups in total. The van der Waals surface area contributed by atoms with Gasteiger partial charge in [-0.05, 0) is 70.1 Å². The summed E-state index contributed by atoms with van der Waals surface area (Å²) in [7, 11) is 1.96. The van der Waals surface area contributed by atoms with E-state index in [1.165, 1.54) is 24.0 Å². The van der Waals surface area contributed by atoms with Crippen LogP contribution in [0.2, 0.25) is 0 Å². The molecule has 0 unspecified atom stereocenters. The second-order valence-electron chi connectivity index (χ2n) is 7.33. The lowest BCUT2D eigenvalue weighted by molar-refractivity contribution is 0.161. The highest BCUT2D eigenvalue weighted by atomic mass is 15.0. The van der Waals surface area contributed by atoms with E-state index < -0.39 is 0 Å². The zero-order valence-corrected chi connectivity index (χ0v) is 13.8. The van der Waals surface area contributed by atoms with Crippen LogP contribution >= 0.6 is 0 Å². The Kier molecular flexibility index (Phi) is 4.10. The average molecular weight is 275 g/mol. The summed E-state index contributed by atoms with van der Waals surface area (Å²) in [6.07, 6.45) is 5.33. The second-order valence-corrected chi connectivity index (χ2v) is 7.33. The molecule has 112 valence electrons. The average Bonchev–Trinajstić information content (AvgIpc) is 2.33. The van der Waals surface area contributed by atoms with Gasteiger partial charge in [0.1, 0.15) is 5.82 Å². The Bertz CT molecular complexity index is 461. The topological polar surface area (TPSA) is 37.0 Å². The van der Waals surface area contributed by atoms with Gasteiger partial charge < -0.3 is 10.6 Å². The number of pyridine rings is 1. The first-order chi connectivity index (χ1) is 9.28. The van der Waals surface area contributed by atoms with Crippen molar-refractivity contribution in [2.75, 3.05) is 12.4 Å². The first kappa shape index (κ1) is 15.3. The third kappa shape index (κ3) is 3.14. The third-order valence-electron chi connectivity index (χ3n) is 4.31. The van der Waals surface area contributed by atoms with Crippen molar-refractivity contribution in [2.45, 2.75) is 70.9 Å². The van der Waals surface area contributed by atoms with E-state index in [2.05, 4.69) is 56.3 Å². The Labute approximate surface area is 123 Å². The van der Waals surface area contributed by atoms with E-state index in [-0.39, 0.29) is 11.1 Å². The van der Waals surface area contributed by atoms with Crippen LogP contribution in [0.25, 0.3) is 0 Å². The molecule has 1 saturated heterocycles. The molecule has 0 spiro atoms. The summed E-state index contributed by atoms with van der Waals surface area (Å²) in [4.78, 5) is 4.47. The fourth-order valence-electron chi connectivity index (χ4n) is 4.02. The van der Waals surface area contributed by atoms with Crippen LogP contribution in [-0.4, -0.2) is 23.1 Å². The number of piperidine rings is 1. The Hall–Kier alpha value is -1.09. The van der Waals surface area contributed by atoms with Crippen LogP contribution in [0.15, 0.2) is 12.3 Å². The Morgan fingerprint density at radius 1 is 1.25 bits per heavy atom. The summed E-state index contributed by atoms with van der Waals surface area (Å²) in [6, 6.07) is 2.22. The number of hydrogen-bond acceptors (Lipinski definition) is 3. The van der Waals surface area contributed by atoms with Crippen molar-refractivity contribution in [1.82, 2.24) is 10.3 Å². The van der Waals surface area contributed by atoms with Gasteiger partial charge in [-0.15, -0.1) is 0 Å². The summed E-state index contributed by atoms with van der Waals surface area (Å²) in [5, 5.41) is 7.01. The zero-order valence-electron chi connectivity index (χ0n) is 13.8. The lowest BCUT2D eigenvalue weighted by atomic mass is 9.72. The number of aromatic nitrogens is 1. The summed E-state index contributed by atoms with van der Waals surface area (Å²) >= 11 is 0. The normalized spacial score (nSPS) is 21.7. The van der Waals surface area contributed by atoms with Crippen molar-refractivity contribution in [3.8, 4) is 0 Å². The van der Waals surface area contributed by atoms with Crippen molar-refractivity contribution in [2.24, 2.45) is 0 Å². The van der Waals surface area contributed by atoms with Crippen molar-refractivity contribution in [3.05, 3.63) is 23.4 Å². The minimum absolute atomic E-state index is 0.181. The maximum absolute atomic E-state index is 4.47. The van der Waals surface area contributed by atoms with Gasteiger partial charge in [-0.2, -0.15) is 0 Å². The van der Waals surface area contributed by atoms with E-state index in [0.29, 0.717) is 5.92 Å². The molecule has 1 fully saturated rings. The third-order valence-corrected chi connectivity index (χ3v) is 4.31. The molecule has 1 aromatic rings. The first-order valence-corrected chi connectivity index (χ1v) is 7.73. The molecular weight excluding hydrogens is 246 g/mol. The lowest BCUT2D eigenvalue weighted by Gasteiger charge is -2.47. The minimum Gasteiger partial charge on any atom is -0.373 e. The number of rotatable bonds is 3. The van der Waals surface area contributed by atoms with Crippen LogP contribution in [-0.2, 0) is 6.42 Å². The van der Waals surface area contributed by atoms with Gasteiger partial charge in [0.2, 0.25) is 0 Å². The molecule has 0 aliphatic carbocycles. The molecule has 0 aromatic carbocycles. The fourth-order valence-corrected chi connectivity index (χ4v) is 4.02. The standard InChI is InChI=1S/C17H29N3/c1-7-13-14(8-9-19-15(13)18-6)12-10-16(2,3)20-17(4,5)11-12/h8-9,12,20H,7,10-11H2,1-6H3,(H,18,19). The summed E-state index contributed by atoms with van der Waals surface area (Å²) in [6.45, 7) is 11.5. The predicted molar refractivity (Wildman–Crippen MR) is 86.4 cm³/mol. The SMILES string of the molecule is CCc1c(C2CC(C)(C)NC(C)(C)C2)ccnc1NC. The minimum atomic E-state index is 0.181. The van der Waals surface area contributed by atoms with Crippen LogP contribution < -0.4 is 10.6 Å². The van der Waals surface area contributed by atoms with Crippen LogP contribution in [0.5, 0.6) is 0 Å². The Morgan fingerprint density at radius 3 is 2.35 bits per heavy atom. The lowest BCUT2D eigenvalue weighted by Crippen LogP contribution is -2.57. The van der Waals surface area contributed by atoms with Crippen molar-refractivity contribution in [1.29, 1.82) is 0 Å². The van der Waals surface area contributed by atoms with Crippen molar-refractivity contribution in [3.63, 3.8) is 0 Å². The summed E-state index contributed by atoms with van der Waals surface area (Å²) < 4.78 is 0. The second kappa shape index (κ2) is 5.36.